The Morgan fingerprint density at radius 2 is 1.80 bits per heavy atom. The lowest BCUT2D eigenvalue weighted by Gasteiger charge is -2.08. The summed E-state index contributed by atoms with van der Waals surface area (Å²) in [5.41, 5.74) is 5.78. The average molecular weight is 362 g/mol. The zero-order valence-electron chi connectivity index (χ0n) is 10.1. The lowest BCUT2D eigenvalue weighted by Crippen LogP contribution is -2.08. The van der Waals surface area contributed by atoms with Crippen molar-refractivity contribution in [2.75, 3.05) is 5.73 Å². The molecule has 0 aromatic heterocycles. The predicted octanol–water partition coefficient (Wildman–Crippen LogP) is 3.28. The number of nitrogens with two attached hydrogens (primary N) is 1. The van der Waals surface area contributed by atoms with Crippen LogP contribution in [0.15, 0.2) is 45.8 Å². The Kier molecular flexibility index (Phi) is 4.10. The molecule has 0 spiro atoms. The molecule has 0 fully saturated rings. The van der Waals surface area contributed by atoms with Gasteiger partial charge in [0.2, 0.25) is 0 Å². The molecule has 20 heavy (non-hydrogen) atoms. The van der Waals surface area contributed by atoms with Gasteiger partial charge in [-0.05, 0) is 51.8 Å². The maximum absolute atomic E-state index is 13.1. The number of sulfone groups is 1. The lowest BCUT2D eigenvalue weighted by atomic mass is 10.2. The monoisotopic (exact) mass is 361 g/mol. The molecule has 7 heteroatoms. The Balaban J connectivity index is 2.38. The molecule has 2 aromatic rings. The van der Waals surface area contributed by atoms with E-state index in [0.29, 0.717) is 5.56 Å². The summed E-state index contributed by atoms with van der Waals surface area (Å²) >= 11 is 2.99. The molecule has 106 valence electrons. The van der Waals surface area contributed by atoms with Crippen LogP contribution in [-0.4, -0.2) is 8.42 Å². The van der Waals surface area contributed by atoms with Crippen LogP contribution in [0, 0.1) is 11.6 Å². The summed E-state index contributed by atoms with van der Waals surface area (Å²) in [6.07, 6.45) is 0. The molecule has 0 saturated heterocycles. The van der Waals surface area contributed by atoms with Gasteiger partial charge in [-0.2, -0.15) is 0 Å². The fraction of sp³-hybridized carbons (Fsp3) is 0.0769. The first-order chi connectivity index (χ1) is 9.29. The van der Waals surface area contributed by atoms with Crippen LogP contribution < -0.4 is 5.73 Å². The summed E-state index contributed by atoms with van der Waals surface area (Å²) in [6, 6.07) is 7.03. The minimum absolute atomic E-state index is 0.139. The van der Waals surface area contributed by atoms with Crippen molar-refractivity contribution in [2.24, 2.45) is 0 Å². The second-order valence-corrected chi connectivity index (χ2v) is 7.00. The first-order valence-electron chi connectivity index (χ1n) is 5.51. The van der Waals surface area contributed by atoms with E-state index in [-0.39, 0.29) is 20.8 Å². The number of anilines is 1. The number of hydrogen-bond acceptors (Lipinski definition) is 3. The lowest BCUT2D eigenvalue weighted by molar-refractivity contribution is 0.594. The van der Waals surface area contributed by atoms with Crippen LogP contribution in [0.4, 0.5) is 14.5 Å². The van der Waals surface area contributed by atoms with E-state index >= 15 is 0 Å². The number of hydrogen-bond donors (Lipinski definition) is 1. The quantitative estimate of drug-likeness (QED) is 0.673. The Labute approximate surface area is 123 Å². The number of halogens is 3. The van der Waals surface area contributed by atoms with Crippen molar-refractivity contribution in [3.8, 4) is 0 Å². The van der Waals surface area contributed by atoms with Crippen LogP contribution >= 0.6 is 15.9 Å². The zero-order chi connectivity index (χ0) is 14.9. The van der Waals surface area contributed by atoms with Crippen molar-refractivity contribution in [2.45, 2.75) is 10.6 Å². The highest BCUT2D eigenvalue weighted by Gasteiger charge is 2.19. The Morgan fingerprint density at radius 3 is 2.40 bits per heavy atom. The minimum Gasteiger partial charge on any atom is -0.398 e. The van der Waals surface area contributed by atoms with Crippen LogP contribution in [0.1, 0.15) is 5.56 Å². The molecule has 0 aliphatic heterocycles. The molecular formula is C13H10BrF2NO2S. The summed E-state index contributed by atoms with van der Waals surface area (Å²) in [4.78, 5) is -0.139. The van der Waals surface area contributed by atoms with Gasteiger partial charge in [0, 0.05) is 0 Å². The van der Waals surface area contributed by atoms with Crippen molar-refractivity contribution in [1.29, 1.82) is 0 Å². The number of benzene rings is 2. The maximum atomic E-state index is 13.1. The normalized spacial score (nSPS) is 11.6. The van der Waals surface area contributed by atoms with Crippen LogP contribution in [-0.2, 0) is 15.6 Å². The van der Waals surface area contributed by atoms with Gasteiger partial charge in [-0.25, -0.2) is 17.2 Å². The maximum Gasteiger partial charge on any atom is 0.184 e. The third kappa shape index (κ3) is 3.16. The highest BCUT2D eigenvalue weighted by atomic mass is 79.9. The van der Waals surface area contributed by atoms with Crippen molar-refractivity contribution < 1.29 is 17.2 Å². The fourth-order valence-electron chi connectivity index (χ4n) is 1.73. The van der Waals surface area contributed by atoms with E-state index in [1.165, 1.54) is 18.2 Å². The standard InChI is InChI=1S/C13H10BrF2NO2S/c14-10-5-8(1-3-11(10)16)7-20(18,19)13-4-2-9(15)6-12(13)17/h1-6H,7,17H2. The van der Waals surface area contributed by atoms with Gasteiger partial charge < -0.3 is 5.73 Å². The van der Waals surface area contributed by atoms with E-state index in [4.69, 9.17) is 5.73 Å². The van der Waals surface area contributed by atoms with Crippen LogP contribution in [0.2, 0.25) is 0 Å². The Morgan fingerprint density at radius 1 is 1.10 bits per heavy atom. The van der Waals surface area contributed by atoms with E-state index < -0.39 is 21.5 Å². The van der Waals surface area contributed by atoms with Gasteiger partial charge in [-0.1, -0.05) is 6.07 Å². The molecule has 0 saturated carbocycles. The van der Waals surface area contributed by atoms with Gasteiger partial charge in [-0.3, -0.25) is 0 Å². The molecule has 0 atom stereocenters. The summed E-state index contributed by atoms with van der Waals surface area (Å²) in [5.74, 6) is -1.43. The summed E-state index contributed by atoms with van der Waals surface area (Å²) < 4.78 is 50.7. The third-order valence-electron chi connectivity index (χ3n) is 2.65. The van der Waals surface area contributed by atoms with Gasteiger partial charge >= 0.3 is 0 Å². The molecule has 0 unspecified atom stereocenters. The molecule has 0 aliphatic rings. The molecule has 0 radical (unpaired) electrons. The first kappa shape index (κ1) is 14.9. The summed E-state index contributed by atoms with van der Waals surface area (Å²) in [7, 11) is -3.73. The zero-order valence-corrected chi connectivity index (χ0v) is 12.5. The summed E-state index contributed by atoms with van der Waals surface area (Å²) in [6.45, 7) is 0. The molecule has 2 rings (SSSR count). The van der Waals surface area contributed by atoms with Crippen molar-refractivity contribution in [1.82, 2.24) is 0 Å². The van der Waals surface area contributed by atoms with Gasteiger partial charge in [0.05, 0.1) is 20.8 Å². The van der Waals surface area contributed by atoms with Gasteiger partial charge in [0.1, 0.15) is 11.6 Å². The van der Waals surface area contributed by atoms with Crippen molar-refractivity contribution in [3.63, 3.8) is 0 Å². The molecule has 0 heterocycles. The van der Waals surface area contributed by atoms with Crippen LogP contribution in [0.5, 0.6) is 0 Å². The second-order valence-electron chi connectivity index (χ2n) is 4.19. The van der Waals surface area contributed by atoms with E-state index in [9.17, 15) is 17.2 Å². The van der Waals surface area contributed by atoms with E-state index in [0.717, 1.165) is 18.2 Å². The SMILES string of the molecule is Nc1cc(F)ccc1S(=O)(=O)Cc1ccc(F)c(Br)c1. The molecule has 0 bridgehead atoms. The number of rotatable bonds is 3. The average Bonchev–Trinajstić information content (AvgIpc) is 2.33. The molecule has 3 nitrogen and oxygen atoms in total. The van der Waals surface area contributed by atoms with Gasteiger partial charge in [-0.15, -0.1) is 0 Å². The van der Waals surface area contributed by atoms with Gasteiger partial charge in [0.25, 0.3) is 0 Å². The van der Waals surface area contributed by atoms with Gasteiger partial charge in [0.15, 0.2) is 9.84 Å². The molecule has 0 amide bonds. The van der Waals surface area contributed by atoms with E-state index in [1.807, 2.05) is 0 Å². The summed E-state index contributed by atoms with van der Waals surface area (Å²) in [5, 5.41) is 0. The third-order valence-corrected chi connectivity index (χ3v) is 5.01. The predicted molar refractivity (Wildman–Crippen MR) is 75.8 cm³/mol. The Bertz CT molecular complexity index is 763. The highest BCUT2D eigenvalue weighted by molar-refractivity contribution is 9.10. The Hall–Kier alpha value is -1.47. The minimum atomic E-state index is -3.73. The van der Waals surface area contributed by atoms with Crippen LogP contribution in [0.25, 0.3) is 0 Å². The largest absolute Gasteiger partial charge is 0.398 e. The van der Waals surface area contributed by atoms with Crippen molar-refractivity contribution >= 4 is 31.5 Å². The first-order valence-corrected chi connectivity index (χ1v) is 7.96. The highest BCUT2D eigenvalue weighted by Crippen LogP contribution is 2.25. The smallest absolute Gasteiger partial charge is 0.184 e. The topological polar surface area (TPSA) is 60.2 Å². The molecular weight excluding hydrogens is 352 g/mol. The van der Waals surface area contributed by atoms with Crippen LogP contribution in [0.3, 0.4) is 0 Å². The number of nitrogen functional groups attached to an aromatic ring is 1. The molecule has 0 aliphatic carbocycles. The van der Waals surface area contributed by atoms with Crippen molar-refractivity contribution in [3.05, 3.63) is 58.1 Å². The fourth-order valence-corrected chi connectivity index (χ4v) is 3.62. The van der Waals surface area contributed by atoms with E-state index in [1.54, 1.807) is 0 Å². The second kappa shape index (κ2) is 5.49. The molecule has 2 aromatic carbocycles. The van der Waals surface area contributed by atoms with E-state index in [2.05, 4.69) is 15.9 Å². The molecule has 2 N–H and O–H groups in total.